The smallest absolute Gasteiger partial charge is 0.302 e. The van der Waals surface area contributed by atoms with Crippen molar-refractivity contribution in [3.8, 4) is 0 Å². The van der Waals surface area contributed by atoms with Gasteiger partial charge >= 0.3 is 6.01 Å². The Kier molecular flexibility index (Phi) is 4.08. The highest BCUT2D eigenvalue weighted by Gasteiger charge is 2.19. The van der Waals surface area contributed by atoms with Gasteiger partial charge in [-0.25, -0.2) is 0 Å². The highest BCUT2D eigenvalue weighted by molar-refractivity contribution is 6.39. The number of rotatable bonds is 3. The summed E-state index contributed by atoms with van der Waals surface area (Å²) in [6, 6.07) is 5.40. The van der Waals surface area contributed by atoms with Crippen LogP contribution in [0.1, 0.15) is 18.2 Å². The summed E-state index contributed by atoms with van der Waals surface area (Å²) in [5.74, 6) is 0. The van der Waals surface area contributed by atoms with Gasteiger partial charge in [-0.1, -0.05) is 30.1 Å². The SMILES string of the molecule is CCc1cc(N(C)c2nc3c(Cl)ccc(Cl)c3o2)c(=O)[nH]c1C. The van der Waals surface area contributed by atoms with Crippen LogP contribution in [0.15, 0.2) is 27.4 Å². The van der Waals surface area contributed by atoms with E-state index in [0.29, 0.717) is 26.8 Å². The fourth-order valence-corrected chi connectivity index (χ4v) is 2.83. The Balaban J connectivity index is 2.14. The molecular formula is C16H15Cl2N3O2. The van der Waals surface area contributed by atoms with Crippen LogP contribution >= 0.6 is 23.2 Å². The minimum atomic E-state index is -0.207. The predicted molar refractivity (Wildman–Crippen MR) is 93.3 cm³/mol. The zero-order chi connectivity index (χ0) is 16.7. The van der Waals surface area contributed by atoms with Crippen LogP contribution < -0.4 is 10.5 Å². The van der Waals surface area contributed by atoms with Crippen molar-refractivity contribution < 1.29 is 4.42 Å². The number of nitrogens with zero attached hydrogens (tertiary/aromatic N) is 2. The van der Waals surface area contributed by atoms with Gasteiger partial charge in [0.2, 0.25) is 0 Å². The molecule has 23 heavy (non-hydrogen) atoms. The van der Waals surface area contributed by atoms with Crippen molar-refractivity contribution in [1.29, 1.82) is 0 Å². The Morgan fingerprint density at radius 2 is 2.00 bits per heavy atom. The van der Waals surface area contributed by atoms with Gasteiger partial charge in [0, 0.05) is 12.7 Å². The van der Waals surface area contributed by atoms with E-state index in [1.807, 2.05) is 19.9 Å². The Morgan fingerprint density at radius 1 is 1.30 bits per heavy atom. The van der Waals surface area contributed by atoms with Crippen molar-refractivity contribution in [2.75, 3.05) is 11.9 Å². The highest BCUT2D eigenvalue weighted by Crippen LogP contribution is 2.34. The van der Waals surface area contributed by atoms with Gasteiger partial charge in [-0.3, -0.25) is 9.69 Å². The van der Waals surface area contributed by atoms with Crippen molar-refractivity contribution >= 4 is 46.0 Å². The predicted octanol–water partition coefficient (Wildman–Crippen LogP) is 4.46. The third-order valence-corrected chi connectivity index (χ3v) is 4.39. The molecule has 0 saturated heterocycles. The molecule has 0 radical (unpaired) electrons. The van der Waals surface area contributed by atoms with Crippen LogP contribution in [0.3, 0.4) is 0 Å². The number of halogens is 2. The molecule has 3 aromatic rings. The second-order valence-electron chi connectivity index (χ2n) is 5.25. The number of anilines is 2. The molecule has 3 rings (SSSR count). The van der Waals surface area contributed by atoms with Gasteiger partial charge in [-0.05, 0) is 37.1 Å². The Hall–Kier alpha value is -1.98. The lowest BCUT2D eigenvalue weighted by atomic mass is 10.1. The topological polar surface area (TPSA) is 62.1 Å². The molecule has 0 atom stereocenters. The highest BCUT2D eigenvalue weighted by atomic mass is 35.5. The summed E-state index contributed by atoms with van der Waals surface area (Å²) >= 11 is 12.2. The number of aryl methyl sites for hydroxylation is 2. The lowest BCUT2D eigenvalue weighted by Crippen LogP contribution is -2.22. The molecule has 2 aromatic heterocycles. The average Bonchev–Trinajstić information content (AvgIpc) is 2.97. The summed E-state index contributed by atoms with van der Waals surface area (Å²) in [5.41, 5.74) is 3.03. The van der Waals surface area contributed by atoms with Gasteiger partial charge in [0.15, 0.2) is 5.58 Å². The van der Waals surface area contributed by atoms with Crippen LogP contribution in [0.5, 0.6) is 0 Å². The summed E-state index contributed by atoms with van der Waals surface area (Å²) in [4.78, 5) is 21.0. The largest absolute Gasteiger partial charge is 0.421 e. The van der Waals surface area contributed by atoms with Crippen molar-refractivity contribution in [2.24, 2.45) is 0 Å². The van der Waals surface area contributed by atoms with Gasteiger partial charge in [-0.15, -0.1) is 0 Å². The summed E-state index contributed by atoms with van der Waals surface area (Å²) in [5, 5.41) is 0.864. The monoisotopic (exact) mass is 351 g/mol. The number of fused-ring (bicyclic) bond motifs is 1. The molecule has 7 heteroatoms. The van der Waals surface area contributed by atoms with Crippen molar-refractivity contribution in [3.05, 3.63) is 49.9 Å². The van der Waals surface area contributed by atoms with E-state index < -0.39 is 0 Å². The molecule has 0 aliphatic rings. The first kappa shape index (κ1) is 15.9. The molecule has 0 unspecified atom stereocenters. The maximum Gasteiger partial charge on any atom is 0.302 e. The zero-order valence-corrected chi connectivity index (χ0v) is 14.4. The number of aromatic amines is 1. The lowest BCUT2D eigenvalue weighted by Gasteiger charge is -2.15. The van der Waals surface area contributed by atoms with E-state index in [1.54, 1.807) is 24.1 Å². The molecule has 0 aliphatic carbocycles. The molecular weight excluding hydrogens is 337 g/mol. The number of aromatic nitrogens is 2. The molecule has 1 aromatic carbocycles. The maximum absolute atomic E-state index is 12.3. The number of hydrogen-bond acceptors (Lipinski definition) is 4. The fraction of sp³-hybridized carbons (Fsp3) is 0.250. The number of pyridine rings is 1. The summed E-state index contributed by atoms with van der Waals surface area (Å²) < 4.78 is 5.70. The first-order valence-electron chi connectivity index (χ1n) is 7.13. The molecule has 120 valence electrons. The van der Waals surface area contributed by atoms with E-state index in [1.165, 1.54) is 0 Å². The molecule has 0 amide bonds. The second kappa shape index (κ2) is 5.91. The Morgan fingerprint density at radius 3 is 2.65 bits per heavy atom. The van der Waals surface area contributed by atoms with E-state index >= 15 is 0 Å². The third-order valence-electron chi connectivity index (χ3n) is 3.79. The quantitative estimate of drug-likeness (QED) is 0.756. The second-order valence-corrected chi connectivity index (χ2v) is 6.06. The maximum atomic E-state index is 12.3. The minimum Gasteiger partial charge on any atom is -0.421 e. The van der Waals surface area contributed by atoms with Gasteiger partial charge in [0.25, 0.3) is 5.56 Å². The molecule has 0 saturated carbocycles. The lowest BCUT2D eigenvalue weighted by molar-refractivity contribution is 0.602. The summed E-state index contributed by atoms with van der Waals surface area (Å²) in [6.07, 6.45) is 0.814. The van der Waals surface area contributed by atoms with Crippen LogP contribution in [-0.2, 0) is 6.42 Å². The molecule has 0 bridgehead atoms. The van der Waals surface area contributed by atoms with E-state index in [0.717, 1.165) is 17.7 Å². The molecule has 0 aliphatic heterocycles. The van der Waals surface area contributed by atoms with Crippen LogP contribution in [0.2, 0.25) is 10.0 Å². The normalized spacial score (nSPS) is 11.2. The first-order valence-corrected chi connectivity index (χ1v) is 7.89. The van der Waals surface area contributed by atoms with Crippen LogP contribution in [0.25, 0.3) is 11.1 Å². The van der Waals surface area contributed by atoms with Crippen LogP contribution in [0.4, 0.5) is 11.7 Å². The third kappa shape index (κ3) is 2.71. The van der Waals surface area contributed by atoms with Gasteiger partial charge in [0.1, 0.15) is 11.2 Å². The van der Waals surface area contributed by atoms with Crippen LogP contribution in [0, 0.1) is 6.92 Å². The van der Waals surface area contributed by atoms with E-state index in [2.05, 4.69) is 9.97 Å². The minimum absolute atomic E-state index is 0.207. The Labute approximate surface area is 142 Å². The van der Waals surface area contributed by atoms with Crippen molar-refractivity contribution in [1.82, 2.24) is 9.97 Å². The molecule has 0 spiro atoms. The van der Waals surface area contributed by atoms with Gasteiger partial charge in [0.05, 0.1) is 10.0 Å². The van der Waals surface area contributed by atoms with E-state index in [4.69, 9.17) is 27.6 Å². The van der Waals surface area contributed by atoms with Crippen LogP contribution in [-0.4, -0.2) is 17.0 Å². The fourth-order valence-electron chi connectivity index (χ4n) is 2.45. The summed E-state index contributed by atoms with van der Waals surface area (Å²) in [6.45, 7) is 3.91. The zero-order valence-electron chi connectivity index (χ0n) is 12.9. The Bertz CT molecular complexity index is 907. The first-order chi connectivity index (χ1) is 10.9. The van der Waals surface area contributed by atoms with E-state index in [9.17, 15) is 4.79 Å². The van der Waals surface area contributed by atoms with Gasteiger partial charge in [-0.2, -0.15) is 4.98 Å². The standard InChI is InChI=1S/C16H15Cl2N3O2/c1-4-9-7-12(15(22)19-8(9)2)21(3)16-20-13-10(17)5-6-11(18)14(13)23-16/h5-7H,4H2,1-3H3,(H,19,22). The number of H-pyrrole nitrogens is 1. The summed E-state index contributed by atoms with van der Waals surface area (Å²) in [7, 11) is 1.71. The van der Waals surface area contributed by atoms with Crippen molar-refractivity contribution in [2.45, 2.75) is 20.3 Å². The molecule has 5 nitrogen and oxygen atoms in total. The average molecular weight is 352 g/mol. The molecule has 1 N–H and O–H groups in total. The molecule has 0 fully saturated rings. The van der Waals surface area contributed by atoms with Gasteiger partial charge < -0.3 is 9.40 Å². The number of nitrogens with one attached hydrogen (secondary N) is 1. The van der Waals surface area contributed by atoms with Crippen molar-refractivity contribution in [3.63, 3.8) is 0 Å². The van der Waals surface area contributed by atoms with E-state index in [-0.39, 0.29) is 11.6 Å². The molecule has 2 heterocycles. The number of benzene rings is 1. The number of oxazole rings is 1. The number of hydrogen-bond donors (Lipinski definition) is 1.